The molecule has 2 aromatic rings. The molecule has 31 heavy (non-hydrogen) atoms. The molecule has 2 heterocycles. The van der Waals surface area contributed by atoms with E-state index in [2.05, 4.69) is 0 Å². The first kappa shape index (κ1) is 23.1. The first-order valence-corrected chi connectivity index (χ1v) is 11.2. The summed E-state index contributed by atoms with van der Waals surface area (Å²) in [5.74, 6) is 1.71. The van der Waals surface area contributed by atoms with Crippen molar-refractivity contribution in [1.29, 1.82) is 0 Å². The molecule has 0 N–H and O–H groups in total. The Kier molecular flexibility index (Phi) is 8.29. The molecule has 2 amide bonds. The molecule has 6 heteroatoms. The zero-order valence-electron chi connectivity index (χ0n) is 18.9. The molecule has 0 aliphatic carbocycles. The minimum absolute atomic E-state index is 0.00681. The molecule has 0 radical (unpaired) electrons. The van der Waals surface area contributed by atoms with Gasteiger partial charge in [0, 0.05) is 26.1 Å². The fourth-order valence-electron chi connectivity index (χ4n) is 3.82. The summed E-state index contributed by atoms with van der Waals surface area (Å²) in [6.45, 7) is 8.01. The maximum atomic E-state index is 13.4. The van der Waals surface area contributed by atoms with Crippen LogP contribution >= 0.6 is 0 Å². The Morgan fingerprint density at radius 2 is 1.81 bits per heavy atom. The van der Waals surface area contributed by atoms with Crippen LogP contribution in [0.1, 0.15) is 50.2 Å². The summed E-state index contributed by atoms with van der Waals surface area (Å²) in [6, 6.07) is 13.7. The van der Waals surface area contributed by atoms with Crippen molar-refractivity contribution in [2.45, 2.75) is 59.2 Å². The number of furan rings is 1. The molecule has 0 spiro atoms. The molecule has 6 nitrogen and oxygen atoms in total. The molecular formula is C25H34N2O4. The highest BCUT2D eigenvalue weighted by molar-refractivity contribution is 5.85. The van der Waals surface area contributed by atoms with Gasteiger partial charge in [0.25, 0.3) is 0 Å². The van der Waals surface area contributed by atoms with Crippen LogP contribution in [0.2, 0.25) is 0 Å². The largest absolute Gasteiger partial charge is 0.464 e. The van der Waals surface area contributed by atoms with E-state index in [1.165, 1.54) is 0 Å². The minimum atomic E-state index is -0.0898. The molecule has 168 valence electrons. The third kappa shape index (κ3) is 7.24. The molecule has 1 saturated heterocycles. The summed E-state index contributed by atoms with van der Waals surface area (Å²) in [7, 11) is 0. The number of benzene rings is 1. The first-order valence-electron chi connectivity index (χ1n) is 11.2. The van der Waals surface area contributed by atoms with Gasteiger partial charge in [-0.25, -0.2) is 0 Å². The van der Waals surface area contributed by atoms with Gasteiger partial charge >= 0.3 is 0 Å². The van der Waals surface area contributed by atoms with E-state index < -0.39 is 0 Å². The summed E-state index contributed by atoms with van der Waals surface area (Å²) >= 11 is 0. The van der Waals surface area contributed by atoms with Crippen LogP contribution < -0.4 is 0 Å². The summed E-state index contributed by atoms with van der Waals surface area (Å²) in [5, 5.41) is 0. The fourth-order valence-corrected chi connectivity index (χ4v) is 3.82. The molecule has 3 rings (SSSR count). The normalized spacial score (nSPS) is 15.9. The van der Waals surface area contributed by atoms with Crippen LogP contribution in [0.4, 0.5) is 0 Å². The lowest BCUT2D eigenvalue weighted by atomic mass is 10.1. The smallest absolute Gasteiger partial charge is 0.242 e. The molecule has 1 fully saturated rings. The topological polar surface area (TPSA) is 63.0 Å². The third-order valence-electron chi connectivity index (χ3n) is 5.42. The molecule has 0 unspecified atom stereocenters. The number of hydrogen-bond donors (Lipinski definition) is 0. The quantitative estimate of drug-likeness (QED) is 0.572. The van der Waals surface area contributed by atoms with Crippen molar-refractivity contribution < 1.29 is 18.7 Å². The van der Waals surface area contributed by atoms with Crippen LogP contribution in [0.15, 0.2) is 46.9 Å². The zero-order valence-corrected chi connectivity index (χ0v) is 18.9. The standard InChI is InChI=1S/C25H34N2O4/c1-19(2)14-24(28)27(16-22-10-7-13-30-22)18-25(29)26(15-21-8-5-4-6-9-21)17-23-12-11-20(3)31-23/h4-6,8-9,11-12,19,22H,7,10,13-18H2,1-3H3/t22-/m0/s1. The Labute approximate surface area is 185 Å². The number of aryl methyl sites for hydroxylation is 1. The summed E-state index contributed by atoms with van der Waals surface area (Å²) in [6.07, 6.45) is 2.37. The van der Waals surface area contributed by atoms with Crippen molar-refractivity contribution in [2.75, 3.05) is 19.7 Å². The molecule has 1 aromatic heterocycles. The Hall–Kier alpha value is -2.60. The van der Waals surface area contributed by atoms with E-state index in [1.807, 2.05) is 63.2 Å². The van der Waals surface area contributed by atoms with Gasteiger partial charge < -0.3 is 19.0 Å². The number of carbonyl (C=O) groups is 2. The SMILES string of the molecule is Cc1ccc(CN(Cc2ccccc2)C(=O)CN(C[C@@H]2CCCO2)C(=O)CC(C)C)o1. The monoisotopic (exact) mass is 426 g/mol. The first-order chi connectivity index (χ1) is 14.9. The Balaban J connectivity index is 1.74. The summed E-state index contributed by atoms with van der Waals surface area (Å²) < 4.78 is 11.5. The zero-order chi connectivity index (χ0) is 22.2. The number of nitrogens with zero attached hydrogens (tertiary/aromatic N) is 2. The molecule has 0 bridgehead atoms. The lowest BCUT2D eigenvalue weighted by molar-refractivity contribution is -0.143. The predicted octanol–water partition coefficient (Wildman–Crippen LogP) is 4.17. The predicted molar refractivity (Wildman–Crippen MR) is 119 cm³/mol. The van der Waals surface area contributed by atoms with Gasteiger partial charge in [-0.2, -0.15) is 0 Å². The van der Waals surface area contributed by atoms with Gasteiger partial charge in [-0.05, 0) is 43.4 Å². The average molecular weight is 427 g/mol. The molecule has 1 aromatic carbocycles. The second-order valence-electron chi connectivity index (χ2n) is 8.76. The van der Waals surface area contributed by atoms with E-state index in [1.54, 1.807) is 9.80 Å². The van der Waals surface area contributed by atoms with Crippen LogP contribution in [0.25, 0.3) is 0 Å². The Morgan fingerprint density at radius 3 is 2.42 bits per heavy atom. The summed E-state index contributed by atoms with van der Waals surface area (Å²) in [4.78, 5) is 29.7. The van der Waals surface area contributed by atoms with E-state index in [0.717, 1.165) is 36.5 Å². The second-order valence-corrected chi connectivity index (χ2v) is 8.76. The lowest BCUT2D eigenvalue weighted by Gasteiger charge is -2.29. The third-order valence-corrected chi connectivity index (χ3v) is 5.42. The average Bonchev–Trinajstić information content (AvgIpc) is 3.39. The minimum Gasteiger partial charge on any atom is -0.464 e. The van der Waals surface area contributed by atoms with Crippen molar-refractivity contribution in [1.82, 2.24) is 9.80 Å². The number of hydrogen-bond acceptors (Lipinski definition) is 4. The fraction of sp³-hybridized carbons (Fsp3) is 0.520. The van der Waals surface area contributed by atoms with Crippen molar-refractivity contribution in [3.05, 3.63) is 59.5 Å². The van der Waals surface area contributed by atoms with Crippen LogP contribution in [0.5, 0.6) is 0 Å². The van der Waals surface area contributed by atoms with E-state index in [4.69, 9.17) is 9.15 Å². The number of carbonyl (C=O) groups excluding carboxylic acids is 2. The highest BCUT2D eigenvalue weighted by Gasteiger charge is 2.27. The van der Waals surface area contributed by atoms with E-state index in [-0.39, 0.29) is 30.4 Å². The van der Waals surface area contributed by atoms with Gasteiger partial charge in [0.05, 0.1) is 19.2 Å². The summed E-state index contributed by atoms with van der Waals surface area (Å²) in [5.41, 5.74) is 1.04. The van der Waals surface area contributed by atoms with Crippen molar-refractivity contribution in [3.63, 3.8) is 0 Å². The van der Waals surface area contributed by atoms with E-state index in [9.17, 15) is 9.59 Å². The molecule has 1 atom stereocenters. The van der Waals surface area contributed by atoms with Crippen LogP contribution in [-0.2, 0) is 27.4 Å². The lowest BCUT2D eigenvalue weighted by Crippen LogP contribution is -2.45. The highest BCUT2D eigenvalue weighted by Crippen LogP contribution is 2.17. The second kappa shape index (κ2) is 11.1. The van der Waals surface area contributed by atoms with Gasteiger partial charge in [0.1, 0.15) is 11.5 Å². The van der Waals surface area contributed by atoms with Gasteiger partial charge in [0.15, 0.2) is 0 Å². The number of rotatable bonds is 10. The molecule has 0 saturated carbocycles. The highest BCUT2D eigenvalue weighted by atomic mass is 16.5. The maximum Gasteiger partial charge on any atom is 0.242 e. The van der Waals surface area contributed by atoms with Gasteiger partial charge in [-0.3, -0.25) is 9.59 Å². The molecule has 1 aliphatic rings. The van der Waals surface area contributed by atoms with Crippen LogP contribution in [0, 0.1) is 12.8 Å². The van der Waals surface area contributed by atoms with Crippen molar-refractivity contribution in [3.8, 4) is 0 Å². The van der Waals surface area contributed by atoms with Gasteiger partial charge in [0.2, 0.25) is 11.8 Å². The van der Waals surface area contributed by atoms with Crippen LogP contribution in [-0.4, -0.2) is 47.4 Å². The molecule has 1 aliphatic heterocycles. The van der Waals surface area contributed by atoms with Gasteiger partial charge in [-0.15, -0.1) is 0 Å². The maximum absolute atomic E-state index is 13.4. The van der Waals surface area contributed by atoms with Gasteiger partial charge in [-0.1, -0.05) is 44.2 Å². The van der Waals surface area contributed by atoms with Crippen molar-refractivity contribution >= 4 is 11.8 Å². The Bertz CT molecular complexity index is 840. The number of ether oxygens (including phenoxy) is 1. The van der Waals surface area contributed by atoms with E-state index in [0.29, 0.717) is 26.1 Å². The van der Waals surface area contributed by atoms with Crippen molar-refractivity contribution in [2.24, 2.45) is 5.92 Å². The van der Waals surface area contributed by atoms with Crippen LogP contribution in [0.3, 0.4) is 0 Å². The number of amides is 2. The molecular weight excluding hydrogens is 392 g/mol. The van der Waals surface area contributed by atoms with E-state index >= 15 is 0 Å². The Morgan fingerprint density at radius 1 is 1.03 bits per heavy atom.